The zero-order chi connectivity index (χ0) is 9.97. The normalized spacial score (nSPS) is 10.7. The predicted molar refractivity (Wildman–Crippen MR) is 55.3 cm³/mol. The Balaban J connectivity index is 2.32. The van der Waals surface area contributed by atoms with Crippen LogP contribution in [0, 0.1) is 6.92 Å². The van der Waals surface area contributed by atoms with E-state index in [9.17, 15) is 0 Å². The molecule has 0 amide bonds. The van der Waals surface area contributed by atoms with E-state index in [1.165, 1.54) is 0 Å². The lowest BCUT2D eigenvalue weighted by Crippen LogP contribution is -2.13. The van der Waals surface area contributed by atoms with Gasteiger partial charge in [0.15, 0.2) is 5.65 Å². The number of nitrogens with zero attached hydrogens (tertiary/aromatic N) is 3. The molecule has 74 valence electrons. The number of nitrogens with two attached hydrogens (primary N) is 1. The van der Waals surface area contributed by atoms with Crippen LogP contribution in [0.25, 0.3) is 5.65 Å². The molecule has 3 N–H and O–H groups in total. The van der Waals surface area contributed by atoms with E-state index in [4.69, 9.17) is 5.73 Å². The fraction of sp³-hybridized carbons (Fsp3) is 0.333. The summed E-state index contributed by atoms with van der Waals surface area (Å²) in [4.78, 5) is 4.28. The van der Waals surface area contributed by atoms with Gasteiger partial charge in [0.1, 0.15) is 0 Å². The second-order valence-electron chi connectivity index (χ2n) is 3.16. The van der Waals surface area contributed by atoms with Crippen molar-refractivity contribution in [1.82, 2.24) is 14.6 Å². The lowest BCUT2D eigenvalue weighted by atomic mass is 10.3. The SMILES string of the molecule is Cc1ccc2nc(NCCN)nn2c1. The highest BCUT2D eigenvalue weighted by molar-refractivity contribution is 5.43. The van der Waals surface area contributed by atoms with E-state index in [0.717, 1.165) is 11.2 Å². The Kier molecular flexibility index (Phi) is 2.32. The molecule has 0 saturated heterocycles. The molecular formula is C9H13N5. The predicted octanol–water partition coefficient (Wildman–Crippen LogP) is 0.408. The van der Waals surface area contributed by atoms with E-state index in [1.807, 2.05) is 25.3 Å². The Morgan fingerprint density at radius 3 is 3.14 bits per heavy atom. The van der Waals surface area contributed by atoms with Crippen LogP contribution in [0.2, 0.25) is 0 Å². The first-order valence-corrected chi connectivity index (χ1v) is 4.56. The second-order valence-corrected chi connectivity index (χ2v) is 3.16. The highest BCUT2D eigenvalue weighted by Gasteiger charge is 2.01. The largest absolute Gasteiger partial charge is 0.352 e. The maximum Gasteiger partial charge on any atom is 0.243 e. The third-order valence-electron chi connectivity index (χ3n) is 1.91. The summed E-state index contributed by atoms with van der Waals surface area (Å²) in [6.45, 7) is 3.29. The van der Waals surface area contributed by atoms with Crippen molar-refractivity contribution in [3.63, 3.8) is 0 Å². The highest BCUT2D eigenvalue weighted by atomic mass is 15.3. The number of fused-ring (bicyclic) bond motifs is 1. The van der Waals surface area contributed by atoms with E-state index < -0.39 is 0 Å². The Morgan fingerprint density at radius 2 is 2.36 bits per heavy atom. The van der Waals surface area contributed by atoms with Gasteiger partial charge >= 0.3 is 0 Å². The van der Waals surface area contributed by atoms with Crippen LogP contribution in [0.1, 0.15) is 5.56 Å². The molecule has 0 aromatic carbocycles. The smallest absolute Gasteiger partial charge is 0.243 e. The molecule has 0 atom stereocenters. The van der Waals surface area contributed by atoms with Crippen LogP contribution in [0.5, 0.6) is 0 Å². The molecule has 2 rings (SSSR count). The first-order valence-electron chi connectivity index (χ1n) is 4.56. The first kappa shape index (κ1) is 8.96. The van der Waals surface area contributed by atoms with Gasteiger partial charge in [-0.2, -0.15) is 4.98 Å². The Morgan fingerprint density at radius 1 is 1.50 bits per heavy atom. The fourth-order valence-corrected chi connectivity index (χ4v) is 1.24. The van der Waals surface area contributed by atoms with Gasteiger partial charge in [0.2, 0.25) is 5.95 Å². The van der Waals surface area contributed by atoms with Crippen molar-refractivity contribution in [3.05, 3.63) is 23.9 Å². The van der Waals surface area contributed by atoms with Gasteiger partial charge in [0.05, 0.1) is 0 Å². The molecule has 0 saturated carbocycles. The topological polar surface area (TPSA) is 68.2 Å². The van der Waals surface area contributed by atoms with E-state index in [1.54, 1.807) is 4.52 Å². The molecule has 5 heteroatoms. The first-order chi connectivity index (χ1) is 6.79. The monoisotopic (exact) mass is 191 g/mol. The fourth-order valence-electron chi connectivity index (χ4n) is 1.24. The van der Waals surface area contributed by atoms with Crippen molar-refractivity contribution in [2.75, 3.05) is 18.4 Å². The Labute approximate surface area is 81.9 Å². The van der Waals surface area contributed by atoms with Gasteiger partial charge in [-0.3, -0.25) is 0 Å². The van der Waals surface area contributed by atoms with Crippen LogP contribution in [0.3, 0.4) is 0 Å². The van der Waals surface area contributed by atoms with E-state index in [-0.39, 0.29) is 0 Å². The van der Waals surface area contributed by atoms with Crippen molar-refractivity contribution in [1.29, 1.82) is 0 Å². The molecule has 0 bridgehead atoms. The van der Waals surface area contributed by atoms with Gasteiger partial charge in [0.25, 0.3) is 0 Å². The molecular weight excluding hydrogens is 178 g/mol. The number of nitrogens with one attached hydrogen (secondary N) is 1. The van der Waals surface area contributed by atoms with Gasteiger partial charge in [-0.1, -0.05) is 6.07 Å². The van der Waals surface area contributed by atoms with E-state index in [2.05, 4.69) is 15.4 Å². The summed E-state index contributed by atoms with van der Waals surface area (Å²) in [5.41, 5.74) is 7.37. The zero-order valence-corrected chi connectivity index (χ0v) is 8.07. The molecule has 0 aliphatic rings. The second kappa shape index (κ2) is 3.63. The summed E-state index contributed by atoms with van der Waals surface area (Å²) in [5, 5.41) is 7.29. The summed E-state index contributed by atoms with van der Waals surface area (Å²) in [7, 11) is 0. The molecule has 0 unspecified atom stereocenters. The minimum Gasteiger partial charge on any atom is -0.352 e. The summed E-state index contributed by atoms with van der Waals surface area (Å²) >= 11 is 0. The summed E-state index contributed by atoms with van der Waals surface area (Å²) in [5.74, 6) is 0.626. The van der Waals surface area contributed by atoms with Crippen LogP contribution in [-0.4, -0.2) is 27.7 Å². The Bertz CT molecular complexity index is 434. The molecule has 0 aliphatic heterocycles. The molecule has 2 aromatic heterocycles. The molecule has 0 aliphatic carbocycles. The summed E-state index contributed by atoms with van der Waals surface area (Å²) in [6, 6.07) is 3.95. The maximum atomic E-state index is 5.37. The van der Waals surface area contributed by atoms with Crippen LogP contribution < -0.4 is 11.1 Å². The van der Waals surface area contributed by atoms with Gasteiger partial charge in [-0.05, 0) is 18.6 Å². The van der Waals surface area contributed by atoms with Gasteiger partial charge in [0, 0.05) is 19.3 Å². The average Bonchev–Trinajstić information content (AvgIpc) is 2.56. The standard InChI is InChI=1S/C9H13N5/c1-7-2-3-8-12-9(11-5-4-10)13-14(8)6-7/h2-3,6H,4-5,10H2,1H3,(H,11,13). The number of pyridine rings is 1. The minimum atomic E-state index is 0.578. The van der Waals surface area contributed by atoms with Crippen LogP contribution in [-0.2, 0) is 0 Å². The average molecular weight is 191 g/mol. The molecule has 2 heterocycles. The molecule has 14 heavy (non-hydrogen) atoms. The molecule has 2 aromatic rings. The molecule has 0 fully saturated rings. The lowest BCUT2D eigenvalue weighted by Gasteiger charge is -1.95. The third-order valence-corrected chi connectivity index (χ3v) is 1.91. The van der Waals surface area contributed by atoms with Crippen molar-refractivity contribution >= 4 is 11.6 Å². The zero-order valence-electron chi connectivity index (χ0n) is 8.07. The van der Waals surface area contributed by atoms with Crippen molar-refractivity contribution < 1.29 is 0 Å². The number of aromatic nitrogens is 3. The number of anilines is 1. The van der Waals surface area contributed by atoms with E-state index in [0.29, 0.717) is 19.0 Å². The minimum absolute atomic E-state index is 0.578. The van der Waals surface area contributed by atoms with Crippen molar-refractivity contribution in [2.24, 2.45) is 5.73 Å². The quantitative estimate of drug-likeness (QED) is 0.737. The number of hydrogen-bond acceptors (Lipinski definition) is 4. The highest BCUT2D eigenvalue weighted by Crippen LogP contribution is 2.06. The maximum absolute atomic E-state index is 5.37. The van der Waals surface area contributed by atoms with Gasteiger partial charge in [-0.15, -0.1) is 5.10 Å². The van der Waals surface area contributed by atoms with Crippen LogP contribution in [0.15, 0.2) is 18.3 Å². The molecule has 0 radical (unpaired) electrons. The van der Waals surface area contributed by atoms with Crippen LogP contribution >= 0.6 is 0 Å². The van der Waals surface area contributed by atoms with Gasteiger partial charge < -0.3 is 11.1 Å². The van der Waals surface area contributed by atoms with Crippen molar-refractivity contribution in [3.8, 4) is 0 Å². The number of hydrogen-bond donors (Lipinski definition) is 2. The molecule has 5 nitrogen and oxygen atoms in total. The lowest BCUT2D eigenvalue weighted by molar-refractivity contribution is 0.934. The van der Waals surface area contributed by atoms with Crippen molar-refractivity contribution in [2.45, 2.75) is 6.92 Å². The van der Waals surface area contributed by atoms with E-state index >= 15 is 0 Å². The summed E-state index contributed by atoms with van der Waals surface area (Å²) in [6.07, 6.45) is 1.94. The summed E-state index contributed by atoms with van der Waals surface area (Å²) < 4.78 is 1.76. The number of aryl methyl sites for hydroxylation is 1. The third kappa shape index (κ3) is 1.67. The number of rotatable bonds is 3. The molecule has 0 spiro atoms. The van der Waals surface area contributed by atoms with Crippen LogP contribution in [0.4, 0.5) is 5.95 Å². The van der Waals surface area contributed by atoms with Gasteiger partial charge in [-0.25, -0.2) is 4.52 Å². The Hall–Kier alpha value is -1.62.